The van der Waals surface area contributed by atoms with Gasteiger partial charge in [0, 0.05) is 28.9 Å². The molecule has 0 radical (unpaired) electrons. The third-order valence-corrected chi connectivity index (χ3v) is 7.40. The lowest BCUT2D eigenvalue weighted by atomic mass is 10.1. The molecule has 1 aromatic carbocycles. The molecule has 2 aromatic rings. The lowest BCUT2D eigenvalue weighted by Gasteiger charge is -2.28. The molecule has 0 saturated carbocycles. The minimum Gasteiger partial charge on any atom is -0.372 e. The van der Waals surface area contributed by atoms with Gasteiger partial charge in [0.05, 0.1) is 8.66 Å². The Labute approximate surface area is 173 Å². The van der Waals surface area contributed by atoms with Crippen molar-refractivity contribution >= 4 is 77.8 Å². The molecule has 25 heavy (non-hydrogen) atoms. The van der Waals surface area contributed by atoms with Gasteiger partial charge in [-0.15, -0.1) is 11.3 Å². The van der Waals surface area contributed by atoms with Crippen LogP contribution in [0.1, 0.15) is 28.9 Å². The molecule has 3 rings (SSSR count). The number of piperidine rings is 1. The van der Waals surface area contributed by atoms with Gasteiger partial charge in [0.15, 0.2) is 5.11 Å². The predicted octanol–water partition coefficient (Wildman–Crippen LogP) is 5.39. The van der Waals surface area contributed by atoms with Crippen LogP contribution < -0.4 is 15.5 Å². The number of thiocarbonyl (C=S) groups is 1. The Morgan fingerprint density at radius 1 is 1.12 bits per heavy atom. The number of anilines is 2. The largest absolute Gasteiger partial charge is 0.372 e. The van der Waals surface area contributed by atoms with Crippen LogP contribution in [-0.2, 0) is 0 Å². The highest BCUT2D eigenvalue weighted by molar-refractivity contribution is 9.13. The van der Waals surface area contributed by atoms with Gasteiger partial charge in [-0.05, 0) is 93.7 Å². The lowest BCUT2D eigenvalue weighted by molar-refractivity contribution is 0.0981. The molecule has 0 atom stereocenters. The number of nitrogens with one attached hydrogen (secondary N) is 2. The van der Waals surface area contributed by atoms with Crippen LogP contribution in [0.4, 0.5) is 11.4 Å². The first-order chi connectivity index (χ1) is 12.0. The molecule has 2 heterocycles. The zero-order valence-electron chi connectivity index (χ0n) is 13.4. The molecule has 1 aromatic heterocycles. The van der Waals surface area contributed by atoms with Crippen LogP contribution in [0.5, 0.6) is 0 Å². The van der Waals surface area contributed by atoms with Gasteiger partial charge < -0.3 is 10.2 Å². The Hall–Kier alpha value is -0.960. The van der Waals surface area contributed by atoms with Gasteiger partial charge in [-0.25, -0.2) is 0 Å². The Morgan fingerprint density at radius 3 is 2.40 bits per heavy atom. The summed E-state index contributed by atoms with van der Waals surface area (Å²) in [5, 5.41) is 6.05. The van der Waals surface area contributed by atoms with Crippen molar-refractivity contribution in [2.75, 3.05) is 23.3 Å². The van der Waals surface area contributed by atoms with E-state index in [1.54, 1.807) is 6.07 Å². The number of hydrogen-bond acceptors (Lipinski definition) is 4. The lowest BCUT2D eigenvalue weighted by Crippen LogP contribution is -2.33. The van der Waals surface area contributed by atoms with E-state index < -0.39 is 0 Å². The number of hydrogen-bond donors (Lipinski definition) is 2. The van der Waals surface area contributed by atoms with E-state index in [1.165, 1.54) is 36.3 Å². The number of carbonyl (C=O) groups is 1. The monoisotopic (exact) mass is 501 g/mol. The predicted molar refractivity (Wildman–Crippen MR) is 116 cm³/mol. The standard InChI is InChI=1S/C17H17Br2N3OS2/c18-13-10-14(25-15(13)19)16(23)21-17(24)20-11-4-6-12(7-5-11)22-8-2-1-3-9-22/h4-7,10H,1-3,8-9H2,(H2,20,21,23,24). The van der Waals surface area contributed by atoms with E-state index >= 15 is 0 Å². The van der Waals surface area contributed by atoms with Crippen LogP contribution in [0.15, 0.2) is 38.6 Å². The van der Waals surface area contributed by atoms with Crippen molar-refractivity contribution in [3.05, 3.63) is 43.5 Å². The van der Waals surface area contributed by atoms with Crippen molar-refractivity contribution in [3.8, 4) is 0 Å². The molecule has 8 heteroatoms. The molecule has 1 amide bonds. The first-order valence-corrected chi connectivity index (χ1v) is 10.8. The second-order valence-electron chi connectivity index (χ2n) is 5.74. The molecule has 1 aliphatic rings. The molecule has 0 unspecified atom stereocenters. The summed E-state index contributed by atoms with van der Waals surface area (Å²) in [6.45, 7) is 2.24. The van der Waals surface area contributed by atoms with Crippen LogP contribution >= 0.6 is 55.4 Å². The Morgan fingerprint density at radius 2 is 1.80 bits per heavy atom. The highest BCUT2D eigenvalue weighted by atomic mass is 79.9. The number of benzene rings is 1. The van der Waals surface area contributed by atoms with Crippen molar-refractivity contribution in [1.29, 1.82) is 0 Å². The van der Waals surface area contributed by atoms with E-state index in [-0.39, 0.29) is 11.0 Å². The molecule has 1 saturated heterocycles. The average molecular weight is 503 g/mol. The fourth-order valence-electron chi connectivity index (χ4n) is 2.69. The zero-order valence-corrected chi connectivity index (χ0v) is 18.2. The number of nitrogens with zero attached hydrogens (tertiary/aromatic N) is 1. The maximum atomic E-state index is 12.2. The van der Waals surface area contributed by atoms with E-state index in [2.05, 4.69) is 59.5 Å². The van der Waals surface area contributed by atoms with Crippen LogP contribution in [-0.4, -0.2) is 24.1 Å². The van der Waals surface area contributed by atoms with E-state index in [9.17, 15) is 4.79 Å². The van der Waals surface area contributed by atoms with Crippen molar-refractivity contribution in [2.24, 2.45) is 0 Å². The van der Waals surface area contributed by atoms with Gasteiger partial charge in [-0.3, -0.25) is 10.1 Å². The quantitative estimate of drug-likeness (QED) is 0.552. The van der Waals surface area contributed by atoms with E-state index in [0.717, 1.165) is 27.0 Å². The van der Waals surface area contributed by atoms with Crippen molar-refractivity contribution in [1.82, 2.24) is 5.32 Å². The summed E-state index contributed by atoms with van der Waals surface area (Å²) < 4.78 is 1.74. The van der Waals surface area contributed by atoms with Crippen molar-refractivity contribution < 1.29 is 4.79 Å². The summed E-state index contributed by atoms with van der Waals surface area (Å²) in [7, 11) is 0. The molecule has 1 aliphatic heterocycles. The molecule has 4 nitrogen and oxygen atoms in total. The highest BCUT2D eigenvalue weighted by Crippen LogP contribution is 2.32. The molecule has 0 spiro atoms. The van der Waals surface area contributed by atoms with Gasteiger partial charge in [0.2, 0.25) is 0 Å². The summed E-state index contributed by atoms with van der Waals surface area (Å²) in [5.41, 5.74) is 2.09. The Kier molecular flexibility index (Phi) is 6.49. The molecular formula is C17H17Br2N3OS2. The topological polar surface area (TPSA) is 44.4 Å². The molecule has 132 valence electrons. The van der Waals surface area contributed by atoms with Gasteiger partial charge >= 0.3 is 0 Å². The number of amides is 1. The van der Waals surface area contributed by atoms with Crippen molar-refractivity contribution in [3.63, 3.8) is 0 Å². The fraction of sp³-hybridized carbons (Fsp3) is 0.294. The fourth-order valence-corrected chi connectivity index (χ4v) is 4.83. The number of halogens is 2. The highest BCUT2D eigenvalue weighted by Gasteiger charge is 2.14. The summed E-state index contributed by atoms with van der Waals surface area (Å²) in [6.07, 6.45) is 3.83. The smallest absolute Gasteiger partial charge is 0.267 e. The maximum absolute atomic E-state index is 12.2. The SMILES string of the molecule is O=C(NC(=S)Nc1ccc(N2CCCCC2)cc1)c1cc(Br)c(Br)s1. The zero-order chi connectivity index (χ0) is 17.8. The summed E-state index contributed by atoms with van der Waals surface area (Å²) in [5.74, 6) is -0.223. The van der Waals surface area contributed by atoms with E-state index in [4.69, 9.17) is 12.2 Å². The maximum Gasteiger partial charge on any atom is 0.267 e. The van der Waals surface area contributed by atoms with Crippen molar-refractivity contribution in [2.45, 2.75) is 19.3 Å². The minimum atomic E-state index is -0.223. The molecule has 0 bridgehead atoms. The second kappa shape index (κ2) is 8.62. The number of thiophene rings is 1. The van der Waals surface area contributed by atoms with Crippen LogP contribution in [0.25, 0.3) is 0 Å². The molecule has 1 fully saturated rings. The van der Waals surface area contributed by atoms with Gasteiger partial charge in [0.1, 0.15) is 0 Å². The first-order valence-electron chi connectivity index (χ1n) is 7.95. The number of rotatable bonds is 3. The molecule has 0 aliphatic carbocycles. The second-order valence-corrected chi connectivity index (χ2v) is 9.37. The third kappa shape index (κ3) is 5.03. The molecular weight excluding hydrogens is 486 g/mol. The van der Waals surface area contributed by atoms with Gasteiger partial charge in [-0.1, -0.05) is 0 Å². The van der Waals surface area contributed by atoms with Gasteiger partial charge in [0.25, 0.3) is 5.91 Å². The third-order valence-electron chi connectivity index (χ3n) is 3.94. The van der Waals surface area contributed by atoms with E-state index in [1.807, 2.05) is 12.1 Å². The summed E-state index contributed by atoms with van der Waals surface area (Å²) in [4.78, 5) is 15.2. The molecule has 2 N–H and O–H groups in total. The Bertz CT molecular complexity index is 751. The van der Waals surface area contributed by atoms with Gasteiger partial charge in [-0.2, -0.15) is 0 Å². The summed E-state index contributed by atoms with van der Waals surface area (Å²) >= 11 is 13.3. The van der Waals surface area contributed by atoms with Crippen LogP contribution in [0, 0.1) is 0 Å². The average Bonchev–Trinajstić information content (AvgIpc) is 2.95. The normalized spacial score (nSPS) is 14.2. The van der Waals surface area contributed by atoms with E-state index in [0.29, 0.717) is 4.88 Å². The van der Waals surface area contributed by atoms with Crippen LogP contribution in [0.3, 0.4) is 0 Å². The summed E-state index contributed by atoms with van der Waals surface area (Å²) in [6, 6.07) is 9.92. The van der Waals surface area contributed by atoms with Crippen LogP contribution in [0.2, 0.25) is 0 Å². The number of carbonyl (C=O) groups excluding carboxylic acids is 1. The Balaban J connectivity index is 1.56. The minimum absolute atomic E-state index is 0.223. The first kappa shape index (κ1) is 18.8.